The first-order valence-corrected chi connectivity index (χ1v) is 7.60. The number of hydrogen-bond donors (Lipinski definition) is 1. The summed E-state index contributed by atoms with van der Waals surface area (Å²) in [6, 6.07) is 4.69. The first kappa shape index (κ1) is 14.5. The van der Waals surface area contributed by atoms with E-state index in [4.69, 9.17) is 0 Å². The molecule has 2 aliphatic rings. The normalized spacial score (nSPS) is 22.5. The Hall–Kier alpha value is -1.47. The van der Waals surface area contributed by atoms with Crippen LogP contribution in [0.1, 0.15) is 5.56 Å². The maximum absolute atomic E-state index is 13.9. The highest BCUT2D eigenvalue weighted by atomic mass is 79.9. The lowest BCUT2D eigenvalue weighted by Crippen LogP contribution is -2.65. The molecule has 3 rings (SSSR count). The van der Waals surface area contributed by atoms with Gasteiger partial charge in [0.15, 0.2) is 0 Å². The fourth-order valence-electron chi connectivity index (χ4n) is 2.78. The molecular weight excluding hydrogens is 341 g/mol. The molecule has 2 saturated heterocycles. The molecule has 0 aliphatic carbocycles. The van der Waals surface area contributed by atoms with Gasteiger partial charge in [-0.05, 0) is 12.1 Å². The van der Waals surface area contributed by atoms with E-state index in [-0.39, 0.29) is 18.4 Å². The molecule has 1 N–H and O–H groups in total. The Morgan fingerprint density at radius 1 is 1.33 bits per heavy atom. The summed E-state index contributed by atoms with van der Waals surface area (Å²) in [7, 11) is 0. The van der Waals surface area contributed by atoms with Gasteiger partial charge >= 0.3 is 11.8 Å². The summed E-state index contributed by atoms with van der Waals surface area (Å²) < 4.78 is 14.5. The smallest absolute Gasteiger partial charge is 0.312 e. The highest BCUT2D eigenvalue weighted by Crippen LogP contribution is 2.20. The maximum atomic E-state index is 13.9. The van der Waals surface area contributed by atoms with Crippen molar-refractivity contribution >= 4 is 27.7 Å². The van der Waals surface area contributed by atoms with Crippen LogP contribution in [0.3, 0.4) is 0 Å². The number of carbonyl (C=O) groups excluding carboxylic acids is 2. The molecule has 0 aromatic heterocycles. The minimum absolute atomic E-state index is 0.0255. The van der Waals surface area contributed by atoms with Crippen LogP contribution in [-0.2, 0) is 16.1 Å². The lowest BCUT2D eigenvalue weighted by molar-refractivity contribution is -0.160. The molecule has 112 valence electrons. The van der Waals surface area contributed by atoms with E-state index in [1.54, 1.807) is 17.0 Å². The van der Waals surface area contributed by atoms with E-state index in [0.717, 1.165) is 0 Å². The van der Waals surface area contributed by atoms with E-state index in [1.165, 1.54) is 11.0 Å². The first-order chi connectivity index (χ1) is 10.1. The van der Waals surface area contributed by atoms with Crippen LogP contribution in [0, 0.1) is 5.82 Å². The molecular formula is C14H15BrFN3O2. The van der Waals surface area contributed by atoms with Crippen molar-refractivity contribution in [2.24, 2.45) is 0 Å². The highest BCUT2D eigenvalue weighted by molar-refractivity contribution is 9.10. The quantitative estimate of drug-likeness (QED) is 0.795. The van der Waals surface area contributed by atoms with Gasteiger partial charge in [0.05, 0.1) is 6.04 Å². The standard InChI is InChI=1S/C14H15BrFN3O2/c15-10-2-1-9(12(16)5-10)7-18-8-11-6-17-3-4-19(11)14(21)13(18)20/h1-2,5,11,17H,3-4,6-8H2. The van der Waals surface area contributed by atoms with Crippen LogP contribution in [0.25, 0.3) is 0 Å². The van der Waals surface area contributed by atoms with E-state index in [9.17, 15) is 14.0 Å². The lowest BCUT2D eigenvalue weighted by Gasteiger charge is -2.43. The highest BCUT2D eigenvalue weighted by Gasteiger charge is 2.40. The number of piperazine rings is 2. The van der Waals surface area contributed by atoms with Gasteiger partial charge in [0, 0.05) is 42.8 Å². The molecule has 1 aromatic rings. The predicted octanol–water partition coefficient (Wildman–Crippen LogP) is 0.731. The van der Waals surface area contributed by atoms with Gasteiger partial charge in [-0.3, -0.25) is 9.59 Å². The topological polar surface area (TPSA) is 52.7 Å². The molecule has 2 amide bonds. The number of benzene rings is 1. The van der Waals surface area contributed by atoms with E-state index in [0.29, 0.717) is 36.2 Å². The fourth-order valence-corrected chi connectivity index (χ4v) is 3.11. The van der Waals surface area contributed by atoms with Crippen molar-refractivity contribution in [2.75, 3.05) is 26.2 Å². The summed E-state index contributed by atoms with van der Waals surface area (Å²) in [6.07, 6.45) is 0. The van der Waals surface area contributed by atoms with Crippen LogP contribution >= 0.6 is 15.9 Å². The van der Waals surface area contributed by atoms with Crippen molar-refractivity contribution in [3.8, 4) is 0 Å². The molecule has 0 bridgehead atoms. The van der Waals surface area contributed by atoms with Gasteiger partial charge in [0.2, 0.25) is 0 Å². The minimum atomic E-state index is -0.546. The molecule has 1 atom stereocenters. The predicted molar refractivity (Wildman–Crippen MR) is 77.9 cm³/mol. The van der Waals surface area contributed by atoms with Gasteiger partial charge in [-0.1, -0.05) is 22.0 Å². The van der Waals surface area contributed by atoms with Gasteiger partial charge in [-0.2, -0.15) is 0 Å². The van der Waals surface area contributed by atoms with E-state index < -0.39 is 11.8 Å². The second-order valence-corrected chi connectivity index (χ2v) is 6.19. The minimum Gasteiger partial charge on any atom is -0.328 e. The van der Waals surface area contributed by atoms with Crippen LogP contribution in [0.2, 0.25) is 0 Å². The zero-order valence-electron chi connectivity index (χ0n) is 11.3. The zero-order valence-corrected chi connectivity index (χ0v) is 12.9. The third-order valence-electron chi connectivity index (χ3n) is 3.89. The number of nitrogens with one attached hydrogen (secondary N) is 1. The van der Waals surface area contributed by atoms with Gasteiger partial charge in [0.25, 0.3) is 0 Å². The summed E-state index contributed by atoms with van der Waals surface area (Å²) in [5, 5.41) is 3.21. The van der Waals surface area contributed by atoms with Crippen LogP contribution in [-0.4, -0.2) is 53.8 Å². The summed E-state index contributed by atoms with van der Waals surface area (Å²) in [5.41, 5.74) is 0.413. The van der Waals surface area contributed by atoms with E-state index >= 15 is 0 Å². The van der Waals surface area contributed by atoms with Crippen molar-refractivity contribution in [3.63, 3.8) is 0 Å². The molecule has 21 heavy (non-hydrogen) atoms. The number of carbonyl (C=O) groups is 2. The monoisotopic (exact) mass is 355 g/mol. The number of hydrogen-bond acceptors (Lipinski definition) is 3. The number of halogens is 2. The van der Waals surface area contributed by atoms with Crippen LogP contribution in [0.5, 0.6) is 0 Å². The Morgan fingerprint density at radius 2 is 2.14 bits per heavy atom. The summed E-state index contributed by atoms with van der Waals surface area (Å²) in [4.78, 5) is 27.3. The van der Waals surface area contributed by atoms with Crippen LogP contribution in [0.15, 0.2) is 22.7 Å². The fraction of sp³-hybridized carbons (Fsp3) is 0.429. The molecule has 2 aliphatic heterocycles. The van der Waals surface area contributed by atoms with Gasteiger partial charge in [-0.25, -0.2) is 4.39 Å². The molecule has 1 unspecified atom stereocenters. The molecule has 0 spiro atoms. The number of rotatable bonds is 2. The molecule has 0 radical (unpaired) electrons. The summed E-state index contributed by atoms with van der Waals surface area (Å²) in [6.45, 7) is 2.48. The summed E-state index contributed by atoms with van der Waals surface area (Å²) in [5.74, 6) is -1.41. The third-order valence-corrected chi connectivity index (χ3v) is 4.38. The zero-order chi connectivity index (χ0) is 15.0. The number of amides is 2. The number of fused-ring (bicyclic) bond motifs is 1. The molecule has 2 heterocycles. The van der Waals surface area contributed by atoms with E-state index in [1.807, 2.05) is 0 Å². The van der Waals surface area contributed by atoms with Gasteiger partial charge in [-0.15, -0.1) is 0 Å². The largest absolute Gasteiger partial charge is 0.328 e. The number of nitrogens with zero attached hydrogens (tertiary/aromatic N) is 2. The van der Waals surface area contributed by atoms with Crippen molar-refractivity contribution in [1.29, 1.82) is 0 Å². The van der Waals surface area contributed by atoms with Crippen LogP contribution in [0.4, 0.5) is 4.39 Å². The Labute approximate surface area is 130 Å². The van der Waals surface area contributed by atoms with Gasteiger partial charge < -0.3 is 15.1 Å². The molecule has 1 aromatic carbocycles. The molecule has 7 heteroatoms. The maximum Gasteiger partial charge on any atom is 0.312 e. The van der Waals surface area contributed by atoms with E-state index in [2.05, 4.69) is 21.2 Å². The average Bonchev–Trinajstić information content (AvgIpc) is 2.47. The van der Waals surface area contributed by atoms with Crippen LogP contribution < -0.4 is 5.32 Å². The second kappa shape index (κ2) is 5.73. The van der Waals surface area contributed by atoms with Crippen molar-refractivity contribution < 1.29 is 14.0 Å². The Kier molecular flexibility index (Phi) is 3.95. The van der Waals surface area contributed by atoms with Crippen molar-refractivity contribution in [2.45, 2.75) is 12.6 Å². The van der Waals surface area contributed by atoms with Gasteiger partial charge in [0.1, 0.15) is 5.82 Å². The first-order valence-electron chi connectivity index (χ1n) is 6.81. The SMILES string of the molecule is O=C1C(=O)N2CCNCC2CN1Cc1ccc(Br)cc1F. The lowest BCUT2D eigenvalue weighted by atomic mass is 10.1. The molecule has 2 fully saturated rings. The Balaban J connectivity index is 1.78. The van der Waals surface area contributed by atoms with Crippen molar-refractivity contribution in [3.05, 3.63) is 34.1 Å². The summed E-state index contributed by atoms with van der Waals surface area (Å²) >= 11 is 3.20. The average molecular weight is 356 g/mol. The second-order valence-electron chi connectivity index (χ2n) is 5.28. The Bertz CT molecular complexity index is 596. The Morgan fingerprint density at radius 3 is 2.90 bits per heavy atom. The van der Waals surface area contributed by atoms with Crippen molar-refractivity contribution in [1.82, 2.24) is 15.1 Å². The third kappa shape index (κ3) is 2.80. The molecule has 5 nitrogen and oxygen atoms in total. The molecule has 0 saturated carbocycles.